The summed E-state index contributed by atoms with van der Waals surface area (Å²) >= 11 is 3.27. The van der Waals surface area contributed by atoms with Gasteiger partial charge in [-0.1, -0.05) is 136 Å². The van der Waals surface area contributed by atoms with Gasteiger partial charge in [-0.25, -0.2) is 15.0 Å². The van der Waals surface area contributed by atoms with Gasteiger partial charge in [-0.2, -0.15) is 0 Å². The quantitative estimate of drug-likeness (QED) is 0.0496. The number of hydrogen-bond donors (Lipinski definition) is 0. The number of carbonyl (C=O) groups is 3. The van der Waals surface area contributed by atoms with Gasteiger partial charge in [0.1, 0.15) is 10.0 Å². The number of hydrogen-bond acceptors (Lipinski definition) is 8. The van der Waals surface area contributed by atoms with Gasteiger partial charge in [-0.05, 0) is 77.8 Å². The van der Waals surface area contributed by atoms with E-state index in [1.54, 1.807) is 28.9 Å². The fourth-order valence-corrected chi connectivity index (χ4v) is 10.3. The van der Waals surface area contributed by atoms with Crippen molar-refractivity contribution < 1.29 is 19.1 Å². The fraction of sp³-hybridized carbons (Fsp3) is 0.370. The van der Waals surface area contributed by atoms with E-state index in [9.17, 15) is 14.4 Å². The molecule has 338 valence electrons. The molecule has 65 heavy (non-hydrogen) atoms. The van der Waals surface area contributed by atoms with Gasteiger partial charge < -0.3 is 14.5 Å². The number of aliphatic imine (C=N–C) groups is 1. The standard InChI is InChI=1S/C54H61N5O4S2/c1-4-30-58(52(61)34-40-15-8-6-9-16-40)38-51-56-36-48(64-51)44-25-21-41(22-26-44)42-23-27-45(28-24-42)49-37-57-53(65-49)47-19-13-31-59(47)54(62)46(43-17-10-7-11-18-43)35-55-50(60)20-12-14-39(3)29-33-63-32-5-2/h6-11,15-18,21-28,35-37,39,46-47H,4-5,12-14,19-20,29-34,38H2,1-3H3/t39?,46?,47-/m0/s1. The molecule has 0 spiro atoms. The number of ether oxygens (including phenoxy) is 1. The molecule has 0 radical (unpaired) electrons. The van der Waals surface area contributed by atoms with E-state index in [2.05, 4.69) is 74.3 Å². The van der Waals surface area contributed by atoms with Gasteiger partial charge in [0.2, 0.25) is 17.7 Å². The highest BCUT2D eigenvalue weighted by atomic mass is 32.1. The van der Waals surface area contributed by atoms with E-state index >= 15 is 0 Å². The van der Waals surface area contributed by atoms with Crippen LogP contribution in [0.3, 0.4) is 0 Å². The van der Waals surface area contributed by atoms with Gasteiger partial charge in [0.15, 0.2) is 0 Å². The van der Waals surface area contributed by atoms with Crippen LogP contribution in [0, 0.1) is 5.92 Å². The van der Waals surface area contributed by atoms with Crippen molar-refractivity contribution >= 4 is 46.6 Å². The van der Waals surface area contributed by atoms with Crippen molar-refractivity contribution in [3.63, 3.8) is 0 Å². The number of amides is 3. The molecule has 4 aromatic carbocycles. The first-order valence-electron chi connectivity index (χ1n) is 23.2. The molecule has 11 heteroatoms. The van der Waals surface area contributed by atoms with Gasteiger partial charge >= 0.3 is 0 Å². The van der Waals surface area contributed by atoms with Crippen molar-refractivity contribution in [1.82, 2.24) is 19.8 Å². The molecule has 1 saturated heterocycles. The number of thiazole rings is 2. The summed E-state index contributed by atoms with van der Waals surface area (Å²) in [7, 11) is 0. The molecule has 0 bridgehead atoms. The van der Waals surface area contributed by atoms with Gasteiger partial charge in [0.05, 0.1) is 34.7 Å². The molecule has 7 rings (SSSR count). The molecule has 2 aromatic heterocycles. The highest BCUT2D eigenvalue weighted by Gasteiger charge is 2.36. The molecule has 3 amide bonds. The zero-order valence-corrected chi connectivity index (χ0v) is 39.6. The maximum Gasteiger partial charge on any atom is 0.245 e. The Bertz CT molecular complexity index is 2450. The zero-order chi connectivity index (χ0) is 45.4. The summed E-state index contributed by atoms with van der Waals surface area (Å²) in [4.78, 5) is 60.3. The smallest absolute Gasteiger partial charge is 0.245 e. The van der Waals surface area contributed by atoms with Crippen LogP contribution in [0.2, 0.25) is 0 Å². The lowest BCUT2D eigenvalue weighted by Crippen LogP contribution is -2.35. The molecule has 0 N–H and O–H groups in total. The summed E-state index contributed by atoms with van der Waals surface area (Å²) < 4.78 is 5.63. The summed E-state index contributed by atoms with van der Waals surface area (Å²) in [6, 6.07) is 36.5. The Hall–Kier alpha value is -5.62. The lowest BCUT2D eigenvalue weighted by atomic mass is 9.98. The molecular weight excluding hydrogens is 847 g/mol. The van der Waals surface area contributed by atoms with Crippen molar-refractivity contribution in [3.8, 4) is 32.0 Å². The summed E-state index contributed by atoms with van der Waals surface area (Å²) in [5.41, 5.74) is 6.25. The van der Waals surface area contributed by atoms with Crippen LogP contribution in [0.15, 0.2) is 127 Å². The first-order chi connectivity index (χ1) is 31.8. The van der Waals surface area contributed by atoms with Crippen LogP contribution >= 0.6 is 22.7 Å². The molecule has 3 atom stereocenters. The van der Waals surface area contributed by atoms with Gasteiger partial charge in [0, 0.05) is 51.3 Å². The molecule has 1 aliphatic heterocycles. The fourth-order valence-electron chi connectivity index (χ4n) is 8.27. The predicted octanol–water partition coefficient (Wildman–Crippen LogP) is 12.2. The van der Waals surface area contributed by atoms with Gasteiger partial charge in [-0.3, -0.25) is 14.4 Å². The van der Waals surface area contributed by atoms with E-state index in [0.29, 0.717) is 38.4 Å². The second-order valence-electron chi connectivity index (χ2n) is 17.0. The molecular formula is C54H61N5O4S2. The molecule has 6 aromatic rings. The Morgan fingerprint density at radius 2 is 1.45 bits per heavy atom. The lowest BCUT2D eigenvalue weighted by Gasteiger charge is -2.26. The monoisotopic (exact) mass is 907 g/mol. The topological polar surface area (TPSA) is 105 Å². The second kappa shape index (κ2) is 24.1. The van der Waals surface area contributed by atoms with Crippen LogP contribution in [0.1, 0.15) is 105 Å². The molecule has 1 fully saturated rings. The SMILES string of the molecule is CCCOCCC(C)CCCC(=O)N=CC(C(=O)N1CCC[C@H]1c1ncc(-c2ccc(-c3ccc(-c4cnc(CN(CCC)C(=O)Cc5ccccc5)s4)cc3)cc2)s1)c1ccccc1. The van der Waals surface area contributed by atoms with E-state index in [4.69, 9.17) is 14.7 Å². The first kappa shape index (κ1) is 47.3. The number of rotatable bonds is 22. The molecule has 1 aliphatic rings. The van der Waals surface area contributed by atoms with Crippen LogP contribution in [-0.4, -0.2) is 70.0 Å². The van der Waals surface area contributed by atoms with Crippen molar-refractivity contribution in [2.75, 3.05) is 26.3 Å². The van der Waals surface area contributed by atoms with Crippen molar-refractivity contribution in [2.45, 2.75) is 97.1 Å². The third-order valence-corrected chi connectivity index (χ3v) is 14.1. The van der Waals surface area contributed by atoms with Crippen molar-refractivity contribution in [2.24, 2.45) is 10.9 Å². The van der Waals surface area contributed by atoms with Crippen LogP contribution in [-0.2, 0) is 32.1 Å². The summed E-state index contributed by atoms with van der Waals surface area (Å²) in [6.07, 6.45) is 12.5. The number of likely N-dealkylation sites (tertiary alicyclic amines) is 1. The highest BCUT2D eigenvalue weighted by Crippen LogP contribution is 2.39. The summed E-state index contributed by atoms with van der Waals surface area (Å²) in [5, 5.41) is 1.85. The van der Waals surface area contributed by atoms with E-state index in [1.165, 1.54) is 0 Å². The van der Waals surface area contributed by atoms with Crippen LogP contribution in [0.4, 0.5) is 0 Å². The number of aromatic nitrogens is 2. The highest BCUT2D eigenvalue weighted by molar-refractivity contribution is 7.15. The maximum absolute atomic E-state index is 14.4. The van der Waals surface area contributed by atoms with Crippen molar-refractivity contribution in [1.29, 1.82) is 0 Å². The van der Waals surface area contributed by atoms with E-state index in [1.807, 2.05) is 82.9 Å². The molecule has 3 heterocycles. The second-order valence-corrected chi connectivity index (χ2v) is 19.1. The van der Waals surface area contributed by atoms with Crippen molar-refractivity contribution in [3.05, 3.63) is 143 Å². The minimum atomic E-state index is -0.653. The van der Waals surface area contributed by atoms with Gasteiger partial charge in [-0.15, -0.1) is 22.7 Å². The minimum absolute atomic E-state index is 0.0523. The molecule has 0 aliphatic carbocycles. The molecule has 0 saturated carbocycles. The van der Waals surface area contributed by atoms with Crippen LogP contribution in [0.5, 0.6) is 0 Å². The van der Waals surface area contributed by atoms with E-state index in [0.717, 1.165) is 111 Å². The number of benzene rings is 4. The Labute approximate surface area is 392 Å². The zero-order valence-electron chi connectivity index (χ0n) is 37.9. The number of nitrogens with zero attached hydrogens (tertiary/aromatic N) is 5. The van der Waals surface area contributed by atoms with Crippen LogP contribution < -0.4 is 0 Å². The van der Waals surface area contributed by atoms with E-state index in [-0.39, 0.29) is 23.8 Å². The first-order valence-corrected chi connectivity index (χ1v) is 24.9. The van der Waals surface area contributed by atoms with E-state index < -0.39 is 5.92 Å². The maximum atomic E-state index is 14.4. The third-order valence-electron chi connectivity index (χ3n) is 11.9. The predicted molar refractivity (Wildman–Crippen MR) is 265 cm³/mol. The average Bonchev–Trinajstić information content (AvgIpc) is 4.14. The summed E-state index contributed by atoms with van der Waals surface area (Å²) in [6.45, 7) is 9.79. The molecule has 2 unspecified atom stereocenters. The minimum Gasteiger partial charge on any atom is -0.381 e. The molecule has 9 nitrogen and oxygen atoms in total. The Morgan fingerprint density at radius 3 is 2.12 bits per heavy atom. The Balaban J connectivity index is 0.954. The normalized spacial score (nSPS) is 14.8. The lowest BCUT2D eigenvalue weighted by molar-refractivity contribution is -0.132. The van der Waals surface area contributed by atoms with Crippen LogP contribution in [0.25, 0.3) is 32.0 Å². The van der Waals surface area contributed by atoms with Gasteiger partial charge in [0.25, 0.3) is 0 Å². The summed E-state index contributed by atoms with van der Waals surface area (Å²) in [5.74, 6) is -0.295. The third kappa shape index (κ3) is 13.2. The largest absolute Gasteiger partial charge is 0.381 e. The Morgan fingerprint density at radius 1 is 0.800 bits per heavy atom. The Kier molecular flexibility index (Phi) is 17.5. The average molecular weight is 908 g/mol. The number of carbonyl (C=O) groups excluding carboxylic acids is 3.